The summed E-state index contributed by atoms with van der Waals surface area (Å²) in [7, 11) is 0. The third kappa shape index (κ3) is 4.65. The molecule has 3 rings (SSSR count). The zero-order valence-electron chi connectivity index (χ0n) is 13.6. The second kappa shape index (κ2) is 8.40. The second-order valence-corrected chi connectivity index (χ2v) is 7.08. The van der Waals surface area contributed by atoms with E-state index >= 15 is 0 Å². The van der Waals surface area contributed by atoms with E-state index in [-0.39, 0.29) is 11.9 Å². The lowest BCUT2D eigenvalue weighted by Gasteiger charge is -2.31. The molecule has 1 atom stereocenters. The van der Waals surface area contributed by atoms with Crippen molar-refractivity contribution in [3.8, 4) is 0 Å². The number of rotatable bonds is 5. The Morgan fingerprint density at radius 1 is 1.12 bits per heavy atom. The third-order valence-corrected chi connectivity index (χ3v) is 4.83. The van der Waals surface area contributed by atoms with Gasteiger partial charge in [-0.3, -0.25) is 4.79 Å². The first-order valence-corrected chi connectivity index (χ1v) is 9.21. The summed E-state index contributed by atoms with van der Waals surface area (Å²) in [6.07, 6.45) is 5.44. The average Bonchev–Trinajstić information content (AvgIpc) is 2.63. The predicted octanol–water partition coefficient (Wildman–Crippen LogP) is 3.80. The van der Waals surface area contributed by atoms with Crippen LogP contribution in [0.3, 0.4) is 0 Å². The number of benzene rings is 1. The number of piperidine rings is 1. The van der Waals surface area contributed by atoms with Gasteiger partial charge in [-0.2, -0.15) is 0 Å². The Morgan fingerprint density at radius 3 is 2.54 bits per heavy atom. The van der Waals surface area contributed by atoms with Crippen molar-refractivity contribution in [1.82, 2.24) is 15.2 Å². The molecule has 1 aliphatic heterocycles. The molecule has 24 heavy (non-hydrogen) atoms. The fourth-order valence-corrected chi connectivity index (χ4v) is 3.30. The molecule has 0 bridgehead atoms. The first-order valence-electron chi connectivity index (χ1n) is 8.42. The molecule has 0 radical (unpaired) electrons. The Bertz CT molecular complexity index is 654. The van der Waals surface area contributed by atoms with Gasteiger partial charge >= 0.3 is 0 Å². The van der Waals surface area contributed by atoms with Crippen molar-refractivity contribution in [3.05, 3.63) is 64.4 Å². The van der Waals surface area contributed by atoms with E-state index in [1.165, 1.54) is 19.3 Å². The first kappa shape index (κ1) is 17.1. The average molecular weight is 388 g/mol. The SMILES string of the molecule is O=C(NC(CN1CCCCC1)c1ccccc1)c1ccc(Br)cn1. The number of likely N-dealkylation sites (tertiary alicyclic amines) is 1. The molecule has 1 amide bonds. The van der Waals surface area contributed by atoms with Crippen LogP contribution in [0, 0.1) is 0 Å². The van der Waals surface area contributed by atoms with Crippen molar-refractivity contribution in [2.45, 2.75) is 25.3 Å². The van der Waals surface area contributed by atoms with Crippen molar-refractivity contribution >= 4 is 21.8 Å². The van der Waals surface area contributed by atoms with Crippen LogP contribution in [0.1, 0.15) is 41.4 Å². The van der Waals surface area contributed by atoms with Gasteiger partial charge in [0, 0.05) is 17.2 Å². The molecule has 1 aromatic carbocycles. The summed E-state index contributed by atoms with van der Waals surface area (Å²) in [5, 5.41) is 3.16. The summed E-state index contributed by atoms with van der Waals surface area (Å²) in [6.45, 7) is 3.05. The number of carbonyl (C=O) groups is 1. The molecule has 1 N–H and O–H groups in total. The molecule has 0 saturated carbocycles. The lowest BCUT2D eigenvalue weighted by Crippen LogP contribution is -2.40. The molecule has 0 spiro atoms. The lowest BCUT2D eigenvalue weighted by molar-refractivity contribution is 0.0915. The maximum atomic E-state index is 12.6. The van der Waals surface area contributed by atoms with Gasteiger partial charge in [0.1, 0.15) is 5.69 Å². The number of nitrogens with one attached hydrogen (secondary N) is 1. The smallest absolute Gasteiger partial charge is 0.270 e. The minimum Gasteiger partial charge on any atom is -0.343 e. The highest BCUT2D eigenvalue weighted by Gasteiger charge is 2.20. The molecule has 1 unspecified atom stereocenters. The Labute approximate surface area is 151 Å². The number of pyridine rings is 1. The highest BCUT2D eigenvalue weighted by Crippen LogP contribution is 2.18. The minimum absolute atomic E-state index is 0.0257. The second-order valence-electron chi connectivity index (χ2n) is 6.16. The topological polar surface area (TPSA) is 45.2 Å². The van der Waals surface area contributed by atoms with Gasteiger partial charge in [0.15, 0.2) is 0 Å². The van der Waals surface area contributed by atoms with Crippen molar-refractivity contribution < 1.29 is 4.79 Å². The largest absolute Gasteiger partial charge is 0.343 e. The summed E-state index contributed by atoms with van der Waals surface area (Å²) in [4.78, 5) is 19.2. The maximum Gasteiger partial charge on any atom is 0.270 e. The number of aromatic nitrogens is 1. The third-order valence-electron chi connectivity index (χ3n) is 4.36. The fraction of sp³-hybridized carbons (Fsp3) is 0.368. The van der Waals surface area contributed by atoms with Crippen LogP contribution < -0.4 is 5.32 Å². The van der Waals surface area contributed by atoms with Gasteiger partial charge in [-0.15, -0.1) is 0 Å². The quantitative estimate of drug-likeness (QED) is 0.848. The standard InChI is InChI=1S/C19H22BrN3O/c20-16-9-10-17(21-13-16)19(24)22-18(15-7-3-1-4-8-15)14-23-11-5-2-6-12-23/h1,3-4,7-10,13,18H,2,5-6,11-12,14H2,(H,22,24). The van der Waals surface area contributed by atoms with Crippen LogP contribution in [0.25, 0.3) is 0 Å². The Morgan fingerprint density at radius 2 is 1.88 bits per heavy atom. The zero-order chi connectivity index (χ0) is 16.8. The molecule has 2 aromatic rings. The number of hydrogen-bond donors (Lipinski definition) is 1. The molecule has 1 aliphatic rings. The molecule has 5 heteroatoms. The molecular formula is C19H22BrN3O. The molecule has 4 nitrogen and oxygen atoms in total. The molecule has 0 aliphatic carbocycles. The molecule has 126 valence electrons. The van der Waals surface area contributed by atoms with Gasteiger partial charge in [0.25, 0.3) is 5.91 Å². The lowest BCUT2D eigenvalue weighted by atomic mass is 10.0. The Hall–Kier alpha value is -1.72. The zero-order valence-corrected chi connectivity index (χ0v) is 15.2. The predicted molar refractivity (Wildman–Crippen MR) is 98.9 cm³/mol. The summed E-state index contributed by atoms with van der Waals surface area (Å²) >= 11 is 3.35. The highest BCUT2D eigenvalue weighted by atomic mass is 79.9. The highest BCUT2D eigenvalue weighted by molar-refractivity contribution is 9.10. The summed E-state index contributed by atoms with van der Waals surface area (Å²) in [5.74, 6) is -0.131. The summed E-state index contributed by atoms with van der Waals surface area (Å²) in [6, 6.07) is 13.7. The van der Waals surface area contributed by atoms with Gasteiger partial charge < -0.3 is 10.2 Å². The van der Waals surface area contributed by atoms with Crippen molar-refractivity contribution in [2.75, 3.05) is 19.6 Å². The molecule has 1 saturated heterocycles. The Kier molecular flexibility index (Phi) is 5.99. The molecule has 1 fully saturated rings. The van der Waals surface area contributed by atoms with E-state index in [1.807, 2.05) is 24.3 Å². The number of hydrogen-bond acceptors (Lipinski definition) is 3. The van der Waals surface area contributed by atoms with E-state index in [2.05, 4.69) is 43.3 Å². The van der Waals surface area contributed by atoms with Gasteiger partial charge in [-0.25, -0.2) is 4.98 Å². The first-order chi connectivity index (χ1) is 11.7. The summed E-state index contributed by atoms with van der Waals surface area (Å²) in [5.41, 5.74) is 1.58. The normalized spacial score (nSPS) is 16.5. The van der Waals surface area contributed by atoms with Crippen LogP contribution in [0.4, 0.5) is 0 Å². The van der Waals surface area contributed by atoms with Crippen LogP contribution >= 0.6 is 15.9 Å². The van der Waals surface area contributed by atoms with Crippen LogP contribution in [-0.4, -0.2) is 35.4 Å². The van der Waals surface area contributed by atoms with E-state index in [0.717, 1.165) is 29.7 Å². The minimum atomic E-state index is -0.131. The van der Waals surface area contributed by atoms with Crippen LogP contribution in [0.2, 0.25) is 0 Å². The molecule has 1 aromatic heterocycles. The maximum absolute atomic E-state index is 12.6. The van der Waals surface area contributed by atoms with Gasteiger partial charge in [0.2, 0.25) is 0 Å². The van der Waals surface area contributed by atoms with E-state index < -0.39 is 0 Å². The monoisotopic (exact) mass is 387 g/mol. The van der Waals surface area contributed by atoms with Crippen LogP contribution in [0.5, 0.6) is 0 Å². The van der Waals surface area contributed by atoms with Gasteiger partial charge in [-0.05, 0) is 59.6 Å². The van der Waals surface area contributed by atoms with E-state index in [9.17, 15) is 4.79 Å². The number of nitrogens with zero attached hydrogens (tertiary/aromatic N) is 2. The summed E-state index contributed by atoms with van der Waals surface area (Å²) < 4.78 is 0.868. The van der Waals surface area contributed by atoms with Gasteiger partial charge in [-0.1, -0.05) is 36.8 Å². The molecular weight excluding hydrogens is 366 g/mol. The van der Waals surface area contributed by atoms with Crippen molar-refractivity contribution in [1.29, 1.82) is 0 Å². The van der Waals surface area contributed by atoms with Crippen LogP contribution in [0.15, 0.2) is 53.1 Å². The van der Waals surface area contributed by atoms with E-state index in [1.54, 1.807) is 12.3 Å². The number of amides is 1. The number of carbonyl (C=O) groups excluding carboxylic acids is 1. The number of halogens is 1. The molecule has 2 heterocycles. The van der Waals surface area contributed by atoms with E-state index in [4.69, 9.17) is 0 Å². The Balaban J connectivity index is 1.73. The van der Waals surface area contributed by atoms with Gasteiger partial charge in [0.05, 0.1) is 6.04 Å². The van der Waals surface area contributed by atoms with Crippen molar-refractivity contribution in [2.24, 2.45) is 0 Å². The van der Waals surface area contributed by atoms with E-state index in [0.29, 0.717) is 5.69 Å². The fourth-order valence-electron chi connectivity index (χ4n) is 3.06. The van der Waals surface area contributed by atoms with Crippen LogP contribution in [-0.2, 0) is 0 Å². The van der Waals surface area contributed by atoms with Crippen molar-refractivity contribution in [3.63, 3.8) is 0 Å².